The first-order valence-electron chi connectivity index (χ1n) is 7.45. The molecule has 0 aromatic heterocycles. The highest BCUT2D eigenvalue weighted by Crippen LogP contribution is 2.17. The second-order valence-corrected chi connectivity index (χ2v) is 5.78. The van der Waals surface area contributed by atoms with Gasteiger partial charge in [0, 0.05) is 19.5 Å². The van der Waals surface area contributed by atoms with E-state index in [1.165, 1.54) is 0 Å². The quantitative estimate of drug-likeness (QED) is 0.882. The number of hydrogen-bond donors (Lipinski definition) is 2. The molecule has 2 rings (SSSR count). The summed E-state index contributed by atoms with van der Waals surface area (Å²) >= 11 is 0. The van der Waals surface area contributed by atoms with Crippen molar-refractivity contribution in [2.75, 3.05) is 13.1 Å². The summed E-state index contributed by atoms with van der Waals surface area (Å²) in [6.45, 7) is 3.66. The Bertz CT molecular complexity index is 490. The number of carbonyl (C=O) groups is 2. The largest absolute Gasteiger partial charge is 0.352 e. The first-order valence-corrected chi connectivity index (χ1v) is 7.45. The Labute approximate surface area is 125 Å². The monoisotopic (exact) mass is 289 g/mol. The molecule has 0 bridgehead atoms. The predicted molar refractivity (Wildman–Crippen MR) is 81.6 cm³/mol. The van der Waals surface area contributed by atoms with Crippen LogP contribution in [0.15, 0.2) is 30.3 Å². The molecule has 5 nitrogen and oxygen atoms in total. The number of benzene rings is 1. The summed E-state index contributed by atoms with van der Waals surface area (Å²) in [5.74, 6) is 0.470. The first-order chi connectivity index (χ1) is 10.1. The standard InChI is InChI=1S/C16H23N3O2/c1-12-6-5-9-19(11-12)15(20)14(18-16(17)21)10-13-7-3-2-4-8-13/h2-4,7-8,12,14H,5-6,9-11H2,1H3,(H3,17,18,21). The van der Waals surface area contributed by atoms with Crippen molar-refractivity contribution in [2.45, 2.75) is 32.2 Å². The van der Waals surface area contributed by atoms with Crippen molar-refractivity contribution >= 4 is 11.9 Å². The van der Waals surface area contributed by atoms with E-state index in [4.69, 9.17) is 5.73 Å². The Hall–Kier alpha value is -2.04. The van der Waals surface area contributed by atoms with Gasteiger partial charge < -0.3 is 16.0 Å². The van der Waals surface area contributed by atoms with Crippen molar-refractivity contribution in [3.8, 4) is 0 Å². The number of nitrogens with zero attached hydrogens (tertiary/aromatic N) is 1. The molecule has 2 unspecified atom stereocenters. The molecular formula is C16H23N3O2. The van der Waals surface area contributed by atoms with Gasteiger partial charge in [0.25, 0.3) is 0 Å². The van der Waals surface area contributed by atoms with Gasteiger partial charge in [-0.05, 0) is 24.3 Å². The summed E-state index contributed by atoms with van der Waals surface area (Å²) in [5, 5.41) is 2.59. The molecule has 1 aromatic rings. The number of likely N-dealkylation sites (tertiary alicyclic amines) is 1. The molecule has 0 saturated carbocycles. The second-order valence-electron chi connectivity index (χ2n) is 5.78. The molecule has 3 N–H and O–H groups in total. The van der Waals surface area contributed by atoms with Crippen LogP contribution in [0.2, 0.25) is 0 Å². The van der Waals surface area contributed by atoms with Gasteiger partial charge in [-0.25, -0.2) is 4.79 Å². The van der Waals surface area contributed by atoms with E-state index in [1.54, 1.807) is 0 Å². The highest BCUT2D eigenvalue weighted by Gasteiger charge is 2.28. The van der Waals surface area contributed by atoms with Crippen LogP contribution in [0.5, 0.6) is 0 Å². The summed E-state index contributed by atoms with van der Waals surface area (Å²) in [5.41, 5.74) is 6.23. The smallest absolute Gasteiger partial charge is 0.312 e. The highest BCUT2D eigenvalue weighted by atomic mass is 16.2. The first kappa shape index (κ1) is 15.4. The Morgan fingerprint density at radius 3 is 2.71 bits per heavy atom. The van der Waals surface area contributed by atoms with E-state index in [-0.39, 0.29) is 5.91 Å². The van der Waals surface area contributed by atoms with Crippen LogP contribution >= 0.6 is 0 Å². The van der Waals surface area contributed by atoms with E-state index in [9.17, 15) is 9.59 Å². The van der Waals surface area contributed by atoms with Crippen molar-refractivity contribution in [3.63, 3.8) is 0 Å². The Balaban J connectivity index is 2.07. The predicted octanol–water partition coefficient (Wildman–Crippen LogP) is 1.52. The van der Waals surface area contributed by atoms with Crippen molar-refractivity contribution in [2.24, 2.45) is 11.7 Å². The van der Waals surface area contributed by atoms with Crippen LogP contribution in [0.25, 0.3) is 0 Å². The lowest BCUT2D eigenvalue weighted by Crippen LogP contribution is -2.53. The van der Waals surface area contributed by atoms with Gasteiger partial charge in [-0.15, -0.1) is 0 Å². The highest BCUT2D eigenvalue weighted by molar-refractivity contribution is 5.87. The maximum absolute atomic E-state index is 12.6. The molecule has 1 aliphatic rings. The lowest BCUT2D eigenvalue weighted by molar-refractivity contribution is -0.134. The molecule has 1 aliphatic heterocycles. The van der Waals surface area contributed by atoms with E-state index in [1.807, 2.05) is 35.2 Å². The van der Waals surface area contributed by atoms with Crippen molar-refractivity contribution in [1.29, 1.82) is 0 Å². The molecule has 3 amide bonds. The van der Waals surface area contributed by atoms with Crippen LogP contribution < -0.4 is 11.1 Å². The average molecular weight is 289 g/mol. The van der Waals surface area contributed by atoms with Crippen LogP contribution in [0, 0.1) is 5.92 Å². The van der Waals surface area contributed by atoms with Crippen molar-refractivity contribution in [1.82, 2.24) is 10.2 Å². The lowest BCUT2D eigenvalue weighted by Gasteiger charge is -2.33. The fraction of sp³-hybridized carbons (Fsp3) is 0.500. The number of nitrogens with one attached hydrogen (secondary N) is 1. The Morgan fingerprint density at radius 1 is 1.38 bits per heavy atom. The third-order valence-electron chi connectivity index (χ3n) is 3.87. The van der Waals surface area contributed by atoms with Gasteiger partial charge in [0.2, 0.25) is 5.91 Å². The number of hydrogen-bond acceptors (Lipinski definition) is 2. The summed E-state index contributed by atoms with van der Waals surface area (Å²) in [7, 11) is 0. The van der Waals surface area contributed by atoms with Gasteiger partial charge >= 0.3 is 6.03 Å². The number of urea groups is 1. The zero-order chi connectivity index (χ0) is 15.2. The van der Waals surface area contributed by atoms with Gasteiger partial charge in [-0.1, -0.05) is 37.3 Å². The number of piperidine rings is 1. The molecular weight excluding hydrogens is 266 g/mol. The van der Waals surface area contributed by atoms with Crippen molar-refractivity contribution in [3.05, 3.63) is 35.9 Å². The molecule has 1 aromatic carbocycles. The fourth-order valence-electron chi connectivity index (χ4n) is 2.83. The Morgan fingerprint density at radius 2 is 2.10 bits per heavy atom. The summed E-state index contributed by atoms with van der Waals surface area (Å²) in [6.07, 6.45) is 2.63. The molecule has 1 saturated heterocycles. The van der Waals surface area contributed by atoms with Gasteiger partial charge in [-0.2, -0.15) is 0 Å². The van der Waals surface area contributed by atoms with E-state index in [2.05, 4.69) is 12.2 Å². The second kappa shape index (κ2) is 7.11. The molecule has 21 heavy (non-hydrogen) atoms. The SMILES string of the molecule is CC1CCCN(C(=O)C(Cc2ccccc2)NC(N)=O)C1. The molecule has 0 radical (unpaired) electrons. The molecule has 0 aliphatic carbocycles. The van der Waals surface area contributed by atoms with Crippen molar-refractivity contribution < 1.29 is 9.59 Å². The summed E-state index contributed by atoms with van der Waals surface area (Å²) in [6, 6.07) is 8.41. The molecule has 2 atom stereocenters. The minimum Gasteiger partial charge on any atom is -0.352 e. The number of nitrogens with two attached hydrogens (primary N) is 1. The third kappa shape index (κ3) is 4.48. The zero-order valence-corrected chi connectivity index (χ0v) is 12.4. The van der Waals surface area contributed by atoms with Gasteiger partial charge in [0.15, 0.2) is 0 Å². The van der Waals surface area contributed by atoms with Crippen LogP contribution in [-0.4, -0.2) is 36.0 Å². The normalized spacial score (nSPS) is 19.9. The molecule has 0 spiro atoms. The maximum Gasteiger partial charge on any atom is 0.312 e. The van der Waals surface area contributed by atoms with Gasteiger partial charge in [0.1, 0.15) is 6.04 Å². The number of primary amides is 1. The number of amides is 3. The average Bonchev–Trinajstić information content (AvgIpc) is 2.46. The number of rotatable bonds is 4. The number of carbonyl (C=O) groups excluding carboxylic acids is 2. The van der Waals surface area contributed by atoms with E-state index >= 15 is 0 Å². The summed E-state index contributed by atoms with van der Waals surface area (Å²) in [4.78, 5) is 25.7. The van der Waals surface area contributed by atoms with Crippen LogP contribution in [0.1, 0.15) is 25.3 Å². The molecule has 1 heterocycles. The van der Waals surface area contributed by atoms with Gasteiger partial charge in [-0.3, -0.25) is 4.79 Å². The third-order valence-corrected chi connectivity index (χ3v) is 3.87. The minimum absolute atomic E-state index is 0.0378. The Kier molecular flexibility index (Phi) is 5.20. The topological polar surface area (TPSA) is 75.4 Å². The van der Waals surface area contributed by atoms with Crippen LogP contribution in [0.3, 0.4) is 0 Å². The van der Waals surface area contributed by atoms with E-state index in [0.29, 0.717) is 12.3 Å². The molecule has 114 valence electrons. The van der Waals surface area contributed by atoms with Crippen LogP contribution in [0.4, 0.5) is 4.79 Å². The summed E-state index contributed by atoms with van der Waals surface area (Å²) < 4.78 is 0. The molecule has 5 heteroatoms. The minimum atomic E-state index is -0.658. The molecule has 1 fully saturated rings. The maximum atomic E-state index is 12.6. The lowest BCUT2D eigenvalue weighted by atomic mass is 9.98. The van der Waals surface area contributed by atoms with E-state index < -0.39 is 12.1 Å². The zero-order valence-electron chi connectivity index (χ0n) is 12.4. The van der Waals surface area contributed by atoms with Crippen LogP contribution in [-0.2, 0) is 11.2 Å². The fourth-order valence-corrected chi connectivity index (χ4v) is 2.83. The van der Waals surface area contributed by atoms with E-state index in [0.717, 1.165) is 31.5 Å². The van der Waals surface area contributed by atoms with Gasteiger partial charge in [0.05, 0.1) is 0 Å².